The van der Waals surface area contributed by atoms with Crippen molar-refractivity contribution in [3.8, 4) is 0 Å². The molecule has 0 aliphatic rings. The molecule has 10 heavy (non-hydrogen) atoms. The van der Waals surface area contributed by atoms with E-state index in [0.717, 1.165) is 11.8 Å². The molecule has 0 nitrogen and oxygen atoms in total. The molecule has 1 unspecified atom stereocenters. The summed E-state index contributed by atoms with van der Waals surface area (Å²) in [4.78, 5) is 0. The average Bonchev–Trinajstić information content (AvgIpc) is 1.89. The predicted octanol–water partition coefficient (Wildman–Crippen LogP) is 3.88. The van der Waals surface area contributed by atoms with Gasteiger partial charge in [0.05, 0.1) is 0 Å². The highest BCUT2D eigenvalue weighted by atomic mass is 127. The second kappa shape index (κ2) is 6.44. The van der Waals surface area contributed by atoms with Crippen LogP contribution in [0.15, 0.2) is 0 Å². The lowest BCUT2D eigenvalue weighted by Crippen LogP contribution is -2.07. The zero-order valence-corrected chi connectivity index (χ0v) is 9.52. The fraction of sp³-hybridized carbons (Fsp3) is 1.00. The van der Waals surface area contributed by atoms with Crippen LogP contribution in [0.25, 0.3) is 0 Å². The van der Waals surface area contributed by atoms with E-state index in [0.29, 0.717) is 0 Å². The molecule has 1 atom stereocenters. The van der Waals surface area contributed by atoms with Gasteiger partial charge in [-0.05, 0) is 29.1 Å². The second-order valence-electron chi connectivity index (χ2n) is 3.24. The minimum atomic E-state index is 0.882. The van der Waals surface area contributed by atoms with Crippen LogP contribution in [0.5, 0.6) is 0 Å². The molecule has 0 saturated carbocycles. The van der Waals surface area contributed by atoms with Gasteiger partial charge < -0.3 is 0 Å². The van der Waals surface area contributed by atoms with E-state index >= 15 is 0 Å². The Bertz CT molecular complexity index is 69.1. The molecule has 0 aliphatic heterocycles. The van der Waals surface area contributed by atoms with Crippen LogP contribution in [0.1, 0.15) is 40.0 Å². The minimum absolute atomic E-state index is 0.882. The molecule has 0 radical (unpaired) electrons. The predicted molar refractivity (Wildman–Crippen MR) is 56.7 cm³/mol. The second-order valence-corrected chi connectivity index (χ2v) is 4.32. The number of hydrogen-bond donors (Lipinski definition) is 0. The highest BCUT2D eigenvalue weighted by Gasteiger charge is 2.09. The lowest BCUT2D eigenvalue weighted by molar-refractivity contribution is 0.347. The summed E-state index contributed by atoms with van der Waals surface area (Å²) in [5.74, 6) is 1.85. The van der Waals surface area contributed by atoms with Crippen molar-refractivity contribution in [2.75, 3.05) is 4.43 Å². The molecular formula is C9H19I. The maximum atomic E-state index is 2.46. The van der Waals surface area contributed by atoms with Crippen molar-refractivity contribution in [1.29, 1.82) is 0 Å². The van der Waals surface area contributed by atoms with Crippen molar-refractivity contribution in [3.63, 3.8) is 0 Å². The average molecular weight is 254 g/mol. The maximum absolute atomic E-state index is 2.46. The maximum Gasteiger partial charge on any atom is -0.000462 e. The van der Waals surface area contributed by atoms with Crippen LogP contribution in [-0.4, -0.2) is 4.43 Å². The van der Waals surface area contributed by atoms with E-state index < -0.39 is 0 Å². The summed E-state index contributed by atoms with van der Waals surface area (Å²) in [7, 11) is 0. The van der Waals surface area contributed by atoms with Crippen LogP contribution in [0.4, 0.5) is 0 Å². The van der Waals surface area contributed by atoms with E-state index in [2.05, 4.69) is 43.4 Å². The van der Waals surface area contributed by atoms with Gasteiger partial charge in [0, 0.05) is 0 Å². The summed E-state index contributed by atoms with van der Waals surface area (Å²) in [5.41, 5.74) is 0. The Morgan fingerprint density at radius 1 is 1.30 bits per heavy atom. The fourth-order valence-corrected chi connectivity index (χ4v) is 1.79. The monoisotopic (exact) mass is 254 g/mol. The van der Waals surface area contributed by atoms with Gasteiger partial charge in [-0.1, -0.05) is 49.8 Å². The number of alkyl halides is 1. The molecule has 0 aromatic heterocycles. The molecule has 0 aromatic carbocycles. The zero-order valence-electron chi connectivity index (χ0n) is 7.36. The number of halogens is 1. The van der Waals surface area contributed by atoms with Crippen LogP contribution in [0, 0.1) is 11.8 Å². The Morgan fingerprint density at radius 2 is 1.90 bits per heavy atom. The molecule has 0 rings (SSSR count). The third kappa shape index (κ3) is 4.53. The van der Waals surface area contributed by atoms with Gasteiger partial charge in [-0.3, -0.25) is 0 Å². The fourth-order valence-electron chi connectivity index (χ4n) is 1.35. The first kappa shape index (κ1) is 10.7. The number of rotatable bonds is 5. The molecule has 0 spiro atoms. The van der Waals surface area contributed by atoms with Gasteiger partial charge in [0.15, 0.2) is 0 Å². The van der Waals surface area contributed by atoms with E-state index in [1.165, 1.54) is 23.7 Å². The lowest BCUT2D eigenvalue weighted by Gasteiger charge is -2.17. The summed E-state index contributed by atoms with van der Waals surface area (Å²) >= 11 is 2.46. The van der Waals surface area contributed by atoms with Gasteiger partial charge in [-0.2, -0.15) is 0 Å². The first-order chi connectivity index (χ1) is 4.72. The van der Waals surface area contributed by atoms with Gasteiger partial charge in [-0.25, -0.2) is 0 Å². The van der Waals surface area contributed by atoms with Crippen molar-refractivity contribution in [3.05, 3.63) is 0 Å². The van der Waals surface area contributed by atoms with Crippen LogP contribution in [0.2, 0.25) is 0 Å². The first-order valence-electron chi connectivity index (χ1n) is 4.28. The summed E-state index contributed by atoms with van der Waals surface area (Å²) in [6, 6.07) is 0. The molecule has 0 fully saturated rings. The Kier molecular flexibility index (Phi) is 6.91. The molecule has 0 aliphatic carbocycles. The smallest absolute Gasteiger partial charge is 0.000462 e. The van der Waals surface area contributed by atoms with Gasteiger partial charge in [0.25, 0.3) is 0 Å². The Labute approximate surface area is 78.9 Å². The molecule has 62 valence electrons. The van der Waals surface area contributed by atoms with Crippen LogP contribution in [-0.2, 0) is 0 Å². The SMILES string of the molecule is CCC(CCCI)C(C)C. The third-order valence-electron chi connectivity index (χ3n) is 2.18. The van der Waals surface area contributed by atoms with Crippen LogP contribution < -0.4 is 0 Å². The van der Waals surface area contributed by atoms with E-state index in [9.17, 15) is 0 Å². The van der Waals surface area contributed by atoms with Gasteiger partial charge in [0.1, 0.15) is 0 Å². The van der Waals surface area contributed by atoms with Crippen molar-refractivity contribution in [2.24, 2.45) is 11.8 Å². The molecule has 0 amide bonds. The van der Waals surface area contributed by atoms with Gasteiger partial charge in [0.2, 0.25) is 0 Å². The minimum Gasteiger partial charge on any atom is -0.0864 e. The normalized spacial score (nSPS) is 14.1. The molecule has 0 aromatic rings. The van der Waals surface area contributed by atoms with E-state index in [1.54, 1.807) is 0 Å². The van der Waals surface area contributed by atoms with Crippen molar-refractivity contribution >= 4 is 22.6 Å². The summed E-state index contributed by atoms with van der Waals surface area (Å²) < 4.78 is 1.32. The quantitative estimate of drug-likeness (QED) is 0.516. The standard InChI is InChI=1S/C9H19I/c1-4-9(8(2)3)6-5-7-10/h8-9H,4-7H2,1-3H3. The van der Waals surface area contributed by atoms with E-state index in [4.69, 9.17) is 0 Å². The Morgan fingerprint density at radius 3 is 2.20 bits per heavy atom. The zero-order chi connectivity index (χ0) is 7.98. The van der Waals surface area contributed by atoms with Crippen molar-refractivity contribution in [1.82, 2.24) is 0 Å². The van der Waals surface area contributed by atoms with Crippen LogP contribution in [0.3, 0.4) is 0 Å². The molecule has 0 N–H and O–H groups in total. The number of hydrogen-bond acceptors (Lipinski definition) is 0. The molecule has 0 bridgehead atoms. The summed E-state index contributed by atoms with van der Waals surface area (Å²) in [5, 5.41) is 0. The topological polar surface area (TPSA) is 0 Å². The van der Waals surface area contributed by atoms with Gasteiger partial charge in [-0.15, -0.1) is 0 Å². The molecular weight excluding hydrogens is 235 g/mol. The van der Waals surface area contributed by atoms with Crippen molar-refractivity contribution < 1.29 is 0 Å². The highest BCUT2D eigenvalue weighted by Crippen LogP contribution is 2.20. The third-order valence-corrected chi connectivity index (χ3v) is 2.94. The largest absolute Gasteiger partial charge is 0.0864 e. The molecule has 0 saturated heterocycles. The molecule has 0 heterocycles. The molecule has 1 heteroatoms. The summed E-state index contributed by atoms with van der Waals surface area (Å²) in [6.45, 7) is 6.97. The Balaban J connectivity index is 3.40. The first-order valence-corrected chi connectivity index (χ1v) is 5.80. The Hall–Kier alpha value is 0.730. The lowest BCUT2D eigenvalue weighted by atomic mass is 9.89. The van der Waals surface area contributed by atoms with E-state index in [1.807, 2.05) is 0 Å². The highest BCUT2D eigenvalue weighted by molar-refractivity contribution is 14.1. The van der Waals surface area contributed by atoms with Gasteiger partial charge >= 0.3 is 0 Å². The summed E-state index contributed by atoms with van der Waals surface area (Å²) in [6.07, 6.45) is 4.18. The van der Waals surface area contributed by atoms with Crippen LogP contribution >= 0.6 is 22.6 Å². The van der Waals surface area contributed by atoms with Crippen molar-refractivity contribution in [2.45, 2.75) is 40.0 Å². The van der Waals surface area contributed by atoms with E-state index in [-0.39, 0.29) is 0 Å².